The van der Waals surface area contributed by atoms with Gasteiger partial charge >= 0.3 is 0 Å². The van der Waals surface area contributed by atoms with Crippen molar-refractivity contribution in [3.05, 3.63) is 29.6 Å². The quantitative estimate of drug-likeness (QED) is 0.897. The molecule has 0 radical (unpaired) electrons. The first-order chi connectivity index (χ1) is 8.89. The third-order valence-corrected chi connectivity index (χ3v) is 4.99. The minimum atomic E-state index is -0.644. The molecule has 0 unspecified atom stereocenters. The van der Waals surface area contributed by atoms with Gasteiger partial charge in [0.05, 0.1) is 6.10 Å². The molecule has 1 aromatic rings. The smallest absolute Gasteiger partial charge is 0.123 e. The van der Waals surface area contributed by atoms with E-state index in [1.165, 1.54) is 12.1 Å². The van der Waals surface area contributed by atoms with E-state index in [0.717, 1.165) is 31.0 Å². The summed E-state index contributed by atoms with van der Waals surface area (Å²) in [5.41, 5.74) is 1.65. The number of benzene rings is 1. The second kappa shape index (κ2) is 5.71. The van der Waals surface area contributed by atoms with Gasteiger partial charge in [-0.3, -0.25) is 0 Å². The Hall–Kier alpha value is -0.740. The van der Waals surface area contributed by atoms with Gasteiger partial charge in [-0.15, -0.1) is 0 Å². The topological polar surface area (TPSA) is 23.5 Å². The predicted molar refractivity (Wildman–Crippen MR) is 80.4 cm³/mol. The number of aliphatic hydroxyl groups is 1. The van der Waals surface area contributed by atoms with Gasteiger partial charge < -0.3 is 10.0 Å². The zero-order valence-corrected chi connectivity index (χ0v) is 12.6. The van der Waals surface area contributed by atoms with Gasteiger partial charge in [0.15, 0.2) is 0 Å². The summed E-state index contributed by atoms with van der Waals surface area (Å²) < 4.78 is 13.6. The fourth-order valence-electron chi connectivity index (χ4n) is 2.41. The summed E-state index contributed by atoms with van der Waals surface area (Å²) in [5.74, 6) is 0.771. The standard InChI is InChI=1S/C15H22FNOS/c1-11(18)13-10-12(16)4-5-14(13)17-7-6-15(2,3)19-9-8-17/h4-5,10-11,18H,6-9H2,1-3H3/t11-/m0/s1. The van der Waals surface area contributed by atoms with E-state index in [-0.39, 0.29) is 5.82 Å². The summed E-state index contributed by atoms with van der Waals surface area (Å²) in [6.45, 7) is 8.11. The minimum absolute atomic E-state index is 0.288. The maximum atomic E-state index is 13.3. The molecule has 1 aliphatic rings. The van der Waals surface area contributed by atoms with Crippen LogP contribution in [0.5, 0.6) is 0 Å². The highest BCUT2D eigenvalue weighted by Crippen LogP contribution is 2.34. The van der Waals surface area contributed by atoms with E-state index in [9.17, 15) is 9.50 Å². The highest BCUT2D eigenvalue weighted by molar-refractivity contribution is 8.00. The molecule has 0 saturated carbocycles. The Labute approximate surface area is 119 Å². The Morgan fingerprint density at radius 1 is 1.37 bits per heavy atom. The monoisotopic (exact) mass is 283 g/mol. The first-order valence-corrected chi connectivity index (χ1v) is 7.74. The van der Waals surface area contributed by atoms with Crippen LogP contribution in [-0.2, 0) is 0 Å². The summed E-state index contributed by atoms with van der Waals surface area (Å²) in [4.78, 5) is 2.27. The summed E-state index contributed by atoms with van der Waals surface area (Å²) in [7, 11) is 0. The molecule has 1 fully saturated rings. The molecule has 0 spiro atoms. The first-order valence-electron chi connectivity index (χ1n) is 6.75. The fraction of sp³-hybridized carbons (Fsp3) is 0.600. The van der Waals surface area contributed by atoms with Gasteiger partial charge in [0.25, 0.3) is 0 Å². The van der Waals surface area contributed by atoms with Gasteiger partial charge in [0.1, 0.15) is 5.82 Å². The summed E-state index contributed by atoms with van der Waals surface area (Å²) in [5, 5.41) is 9.83. The average molecular weight is 283 g/mol. The lowest BCUT2D eigenvalue weighted by atomic mass is 10.1. The van der Waals surface area contributed by atoms with Crippen molar-refractivity contribution in [1.29, 1.82) is 0 Å². The molecule has 2 rings (SSSR count). The van der Waals surface area contributed by atoms with Gasteiger partial charge in [-0.25, -0.2) is 4.39 Å². The van der Waals surface area contributed by atoms with E-state index in [0.29, 0.717) is 10.3 Å². The normalized spacial score (nSPS) is 21.0. The van der Waals surface area contributed by atoms with Crippen LogP contribution in [0.2, 0.25) is 0 Å². The van der Waals surface area contributed by atoms with Crippen LogP contribution >= 0.6 is 11.8 Å². The van der Waals surface area contributed by atoms with Crippen LogP contribution in [0.15, 0.2) is 18.2 Å². The van der Waals surface area contributed by atoms with Crippen molar-refractivity contribution in [1.82, 2.24) is 0 Å². The molecule has 2 nitrogen and oxygen atoms in total. The Kier molecular flexibility index (Phi) is 4.41. The highest BCUT2D eigenvalue weighted by atomic mass is 32.2. The van der Waals surface area contributed by atoms with Crippen LogP contribution in [-0.4, -0.2) is 28.7 Å². The molecule has 4 heteroatoms. The number of aliphatic hydroxyl groups excluding tert-OH is 1. The van der Waals surface area contributed by atoms with Crippen LogP contribution in [0.3, 0.4) is 0 Å². The number of halogens is 1. The lowest BCUT2D eigenvalue weighted by Gasteiger charge is -2.27. The fourth-order valence-corrected chi connectivity index (χ4v) is 3.51. The molecular weight excluding hydrogens is 261 g/mol. The molecule has 1 aliphatic heterocycles. The second-order valence-corrected chi connectivity index (χ2v) is 7.53. The van der Waals surface area contributed by atoms with Crippen LogP contribution in [0.4, 0.5) is 10.1 Å². The molecule has 19 heavy (non-hydrogen) atoms. The summed E-state index contributed by atoms with van der Waals surface area (Å²) in [6, 6.07) is 4.72. The lowest BCUT2D eigenvalue weighted by molar-refractivity contribution is 0.199. The summed E-state index contributed by atoms with van der Waals surface area (Å²) >= 11 is 1.98. The largest absolute Gasteiger partial charge is 0.389 e. The number of thioether (sulfide) groups is 1. The predicted octanol–water partition coefficient (Wildman–Crippen LogP) is 3.60. The molecule has 1 aromatic carbocycles. The number of hydrogen-bond donors (Lipinski definition) is 1. The van der Waals surface area contributed by atoms with E-state index < -0.39 is 6.10 Å². The number of nitrogens with zero attached hydrogens (tertiary/aromatic N) is 1. The van der Waals surface area contributed by atoms with Crippen molar-refractivity contribution in [2.75, 3.05) is 23.7 Å². The maximum absolute atomic E-state index is 13.3. The molecule has 0 amide bonds. The molecule has 1 N–H and O–H groups in total. The van der Waals surface area contributed by atoms with Gasteiger partial charge in [0.2, 0.25) is 0 Å². The SMILES string of the molecule is C[C@H](O)c1cc(F)ccc1N1CCSC(C)(C)CC1. The Balaban J connectivity index is 2.26. The van der Waals surface area contributed by atoms with Crippen molar-refractivity contribution in [3.8, 4) is 0 Å². The molecular formula is C15H22FNOS. The molecule has 0 aliphatic carbocycles. The number of rotatable bonds is 2. The minimum Gasteiger partial charge on any atom is -0.389 e. The van der Waals surface area contributed by atoms with Crippen LogP contribution < -0.4 is 4.90 Å². The average Bonchev–Trinajstić information content (AvgIpc) is 2.50. The van der Waals surface area contributed by atoms with Crippen LogP contribution in [0, 0.1) is 5.82 Å². The van der Waals surface area contributed by atoms with Crippen molar-refractivity contribution in [2.24, 2.45) is 0 Å². The van der Waals surface area contributed by atoms with E-state index in [2.05, 4.69) is 18.7 Å². The molecule has 106 valence electrons. The van der Waals surface area contributed by atoms with Crippen molar-refractivity contribution >= 4 is 17.4 Å². The maximum Gasteiger partial charge on any atom is 0.123 e. The van der Waals surface area contributed by atoms with Crippen molar-refractivity contribution in [3.63, 3.8) is 0 Å². The van der Waals surface area contributed by atoms with E-state index in [1.54, 1.807) is 13.0 Å². The van der Waals surface area contributed by atoms with E-state index in [4.69, 9.17) is 0 Å². The molecule has 1 atom stereocenters. The molecule has 0 bridgehead atoms. The molecule has 1 heterocycles. The summed E-state index contributed by atoms with van der Waals surface area (Å²) in [6.07, 6.45) is 0.448. The molecule has 1 saturated heterocycles. The van der Waals surface area contributed by atoms with Crippen molar-refractivity contribution in [2.45, 2.75) is 38.0 Å². The zero-order chi connectivity index (χ0) is 14.0. The molecule has 0 aromatic heterocycles. The number of hydrogen-bond acceptors (Lipinski definition) is 3. The van der Waals surface area contributed by atoms with Crippen LogP contribution in [0.1, 0.15) is 38.9 Å². The van der Waals surface area contributed by atoms with E-state index in [1.807, 2.05) is 11.8 Å². The van der Waals surface area contributed by atoms with Gasteiger partial charge in [-0.05, 0) is 31.5 Å². The third kappa shape index (κ3) is 3.63. The van der Waals surface area contributed by atoms with Crippen molar-refractivity contribution < 1.29 is 9.50 Å². The third-order valence-electron chi connectivity index (χ3n) is 3.62. The van der Waals surface area contributed by atoms with Gasteiger partial charge in [-0.1, -0.05) is 13.8 Å². The van der Waals surface area contributed by atoms with Gasteiger partial charge in [0, 0.05) is 34.8 Å². The highest BCUT2D eigenvalue weighted by Gasteiger charge is 2.25. The Morgan fingerprint density at radius 2 is 2.11 bits per heavy atom. The van der Waals surface area contributed by atoms with Crippen LogP contribution in [0.25, 0.3) is 0 Å². The Bertz CT molecular complexity index is 448. The Morgan fingerprint density at radius 3 is 2.79 bits per heavy atom. The van der Waals surface area contributed by atoms with Gasteiger partial charge in [-0.2, -0.15) is 11.8 Å². The second-order valence-electron chi connectivity index (χ2n) is 5.72. The van der Waals surface area contributed by atoms with E-state index >= 15 is 0 Å². The first kappa shape index (κ1) is 14.7. The lowest BCUT2D eigenvalue weighted by Crippen LogP contribution is -2.28. The zero-order valence-electron chi connectivity index (χ0n) is 11.8. The number of anilines is 1.